The van der Waals surface area contributed by atoms with Crippen LogP contribution in [0.15, 0.2) is 11.3 Å². The zero-order chi connectivity index (χ0) is 7.40. The summed E-state index contributed by atoms with van der Waals surface area (Å²) in [5, 5.41) is 10.3. The van der Waals surface area contributed by atoms with Crippen LogP contribution in [0, 0.1) is 0 Å². The molecule has 0 spiro atoms. The second kappa shape index (κ2) is 2.95. The lowest BCUT2D eigenvalue weighted by Crippen LogP contribution is -2.01. The van der Waals surface area contributed by atoms with Crippen molar-refractivity contribution in [1.29, 1.82) is 0 Å². The van der Waals surface area contributed by atoms with E-state index in [9.17, 15) is 0 Å². The molecule has 0 aromatic carbocycles. The number of nitrogens with one attached hydrogen (secondary N) is 1. The molecule has 0 unspecified atom stereocenters. The van der Waals surface area contributed by atoms with Gasteiger partial charge in [-0.2, -0.15) is 0 Å². The number of aromatic nitrogens is 3. The highest BCUT2D eigenvalue weighted by molar-refractivity contribution is 5.71. The summed E-state index contributed by atoms with van der Waals surface area (Å²) in [5.74, 6) is 0.686. The van der Waals surface area contributed by atoms with Crippen LogP contribution in [0.4, 0.5) is 5.95 Å². The van der Waals surface area contributed by atoms with Gasteiger partial charge >= 0.3 is 0 Å². The van der Waals surface area contributed by atoms with Gasteiger partial charge < -0.3 is 9.88 Å². The SMILES string of the molecule is CN=CNc1nncn1C. The fraction of sp³-hybridized carbons (Fsp3) is 0.400. The second-order valence-electron chi connectivity index (χ2n) is 1.80. The number of rotatable bonds is 2. The quantitative estimate of drug-likeness (QED) is 0.459. The Balaban J connectivity index is 2.65. The Morgan fingerprint density at radius 2 is 2.60 bits per heavy atom. The number of anilines is 1. The Hall–Kier alpha value is -1.39. The van der Waals surface area contributed by atoms with Crippen molar-refractivity contribution in [2.24, 2.45) is 12.0 Å². The lowest BCUT2D eigenvalue weighted by atomic mass is 10.9. The molecule has 1 aromatic rings. The van der Waals surface area contributed by atoms with Gasteiger partial charge in [-0.25, -0.2) is 0 Å². The van der Waals surface area contributed by atoms with Gasteiger partial charge in [-0.05, 0) is 0 Å². The van der Waals surface area contributed by atoms with Crippen molar-refractivity contribution in [2.75, 3.05) is 12.4 Å². The fourth-order valence-corrected chi connectivity index (χ4v) is 0.536. The van der Waals surface area contributed by atoms with Gasteiger partial charge in [0, 0.05) is 14.1 Å². The summed E-state index contributed by atoms with van der Waals surface area (Å²) in [6.07, 6.45) is 3.18. The minimum Gasteiger partial charge on any atom is -0.315 e. The molecule has 0 aliphatic heterocycles. The Labute approximate surface area is 58.8 Å². The maximum absolute atomic E-state index is 3.76. The molecule has 1 aromatic heterocycles. The maximum Gasteiger partial charge on any atom is 0.229 e. The summed E-state index contributed by atoms with van der Waals surface area (Å²) in [6.45, 7) is 0. The molecule has 0 saturated carbocycles. The first-order valence-electron chi connectivity index (χ1n) is 2.85. The van der Waals surface area contributed by atoms with Gasteiger partial charge in [0.05, 0.1) is 6.34 Å². The van der Waals surface area contributed by atoms with E-state index in [-0.39, 0.29) is 0 Å². The lowest BCUT2D eigenvalue weighted by molar-refractivity contribution is 0.922. The normalized spacial score (nSPS) is 10.6. The second-order valence-corrected chi connectivity index (χ2v) is 1.80. The van der Waals surface area contributed by atoms with E-state index in [4.69, 9.17) is 0 Å². The van der Waals surface area contributed by atoms with E-state index in [2.05, 4.69) is 20.5 Å². The van der Waals surface area contributed by atoms with Crippen molar-refractivity contribution >= 4 is 12.3 Å². The predicted octanol–water partition coefficient (Wildman–Crippen LogP) is -0.115. The molecule has 0 atom stereocenters. The summed E-state index contributed by atoms with van der Waals surface area (Å²) >= 11 is 0. The molecular formula is C5H9N5. The van der Waals surface area contributed by atoms with Crippen LogP contribution in [0.5, 0.6) is 0 Å². The summed E-state index contributed by atoms with van der Waals surface area (Å²) in [5.41, 5.74) is 0. The van der Waals surface area contributed by atoms with E-state index in [1.54, 1.807) is 24.3 Å². The largest absolute Gasteiger partial charge is 0.315 e. The molecule has 1 heterocycles. The van der Waals surface area contributed by atoms with Crippen LogP contribution in [0.3, 0.4) is 0 Å². The maximum atomic E-state index is 3.76. The summed E-state index contributed by atoms with van der Waals surface area (Å²) in [6, 6.07) is 0. The van der Waals surface area contributed by atoms with Crippen molar-refractivity contribution < 1.29 is 0 Å². The van der Waals surface area contributed by atoms with Crippen molar-refractivity contribution in [3.05, 3.63) is 6.33 Å². The Morgan fingerprint density at radius 1 is 1.80 bits per heavy atom. The third-order valence-corrected chi connectivity index (χ3v) is 1.03. The van der Waals surface area contributed by atoms with E-state index in [1.807, 2.05) is 7.05 Å². The molecule has 5 heteroatoms. The van der Waals surface area contributed by atoms with Crippen molar-refractivity contribution in [2.45, 2.75) is 0 Å². The highest BCUT2D eigenvalue weighted by Gasteiger charge is 1.93. The number of aliphatic imine (C=N–C) groups is 1. The number of hydrogen-bond acceptors (Lipinski definition) is 3. The number of nitrogens with zero attached hydrogens (tertiary/aromatic N) is 4. The smallest absolute Gasteiger partial charge is 0.229 e. The van der Waals surface area contributed by atoms with E-state index in [0.29, 0.717) is 5.95 Å². The Bertz CT molecular complexity index is 226. The molecular weight excluding hydrogens is 130 g/mol. The average molecular weight is 139 g/mol. The molecule has 0 radical (unpaired) electrons. The van der Waals surface area contributed by atoms with Crippen molar-refractivity contribution in [3.63, 3.8) is 0 Å². The van der Waals surface area contributed by atoms with Crippen LogP contribution >= 0.6 is 0 Å². The summed E-state index contributed by atoms with van der Waals surface area (Å²) in [4.78, 5) is 3.73. The highest BCUT2D eigenvalue weighted by atomic mass is 15.3. The van der Waals surface area contributed by atoms with Gasteiger partial charge in [0.15, 0.2) is 0 Å². The third kappa shape index (κ3) is 1.31. The monoisotopic (exact) mass is 139 g/mol. The summed E-state index contributed by atoms with van der Waals surface area (Å²) in [7, 11) is 3.54. The molecule has 0 amide bonds. The number of aryl methyl sites for hydroxylation is 1. The predicted molar refractivity (Wildman–Crippen MR) is 39.0 cm³/mol. The Morgan fingerprint density at radius 3 is 3.10 bits per heavy atom. The molecule has 0 fully saturated rings. The van der Waals surface area contributed by atoms with Crippen LogP contribution in [0.25, 0.3) is 0 Å². The summed E-state index contributed by atoms with van der Waals surface area (Å²) < 4.78 is 1.77. The van der Waals surface area contributed by atoms with Crippen molar-refractivity contribution in [3.8, 4) is 0 Å². The molecule has 5 nitrogen and oxygen atoms in total. The minimum atomic E-state index is 0.686. The van der Waals surface area contributed by atoms with Gasteiger partial charge in [0.2, 0.25) is 5.95 Å². The highest BCUT2D eigenvalue weighted by Crippen LogP contribution is 1.94. The topological polar surface area (TPSA) is 55.1 Å². The van der Waals surface area contributed by atoms with E-state index in [1.165, 1.54) is 0 Å². The van der Waals surface area contributed by atoms with Crippen LogP contribution in [0.2, 0.25) is 0 Å². The zero-order valence-electron chi connectivity index (χ0n) is 5.94. The van der Waals surface area contributed by atoms with Gasteiger partial charge in [0.25, 0.3) is 0 Å². The molecule has 0 aliphatic carbocycles. The molecule has 0 saturated heterocycles. The van der Waals surface area contributed by atoms with Crippen LogP contribution in [-0.4, -0.2) is 28.2 Å². The molecule has 1 N–H and O–H groups in total. The average Bonchev–Trinajstić information content (AvgIpc) is 2.31. The standard InChI is InChI=1S/C5H9N5/c1-6-3-7-5-9-8-4-10(5)2/h3-4H,1-2H3,(H,6,7,9). The van der Waals surface area contributed by atoms with Crippen LogP contribution in [-0.2, 0) is 7.05 Å². The fourth-order valence-electron chi connectivity index (χ4n) is 0.536. The van der Waals surface area contributed by atoms with Gasteiger partial charge in [-0.3, -0.25) is 4.99 Å². The van der Waals surface area contributed by atoms with Crippen LogP contribution < -0.4 is 5.32 Å². The van der Waals surface area contributed by atoms with Crippen LogP contribution in [0.1, 0.15) is 0 Å². The van der Waals surface area contributed by atoms with E-state index < -0.39 is 0 Å². The molecule has 0 aliphatic rings. The Kier molecular flexibility index (Phi) is 1.99. The number of hydrogen-bond donors (Lipinski definition) is 1. The van der Waals surface area contributed by atoms with Gasteiger partial charge in [-0.15, -0.1) is 10.2 Å². The first-order chi connectivity index (χ1) is 4.84. The minimum absolute atomic E-state index is 0.686. The lowest BCUT2D eigenvalue weighted by Gasteiger charge is -1.95. The first kappa shape index (κ1) is 6.73. The first-order valence-corrected chi connectivity index (χ1v) is 2.85. The molecule has 54 valence electrons. The van der Waals surface area contributed by atoms with Gasteiger partial charge in [-0.1, -0.05) is 0 Å². The van der Waals surface area contributed by atoms with E-state index in [0.717, 1.165) is 0 Å². The molecule has 0 bridgehead atoms. The van der Waals surface area contributed by atoms with Crippen molar-refractivity contribution in [1.82, 2.24) is 14.8 Å². The molecule has 1 rings (SSSR count). The third-order valence-electron chi connectivity index (χ3n) is 1.03. The zero-order valence-corrected chi connectivity index (χ0v) is 5.94. The molecule has 10 heavy (non-hydrogen) atoms. The van der Waals surface area contributed by atoms with E-state index >= 15 is 0 Å². The van der Waals surface area contributed by atoms with Gasteiger partial charge in [0.1, 0.15) is 6.33 Å².